The predicted molar refractivity (Wildman–Crippen MR) is 127 cm³/mol. The van der Waals surface area contributed by atoms with Crippen molar-refractivity contribution in [2.45, 2.75) is 35.4 Å². The summed E-state index contributed by atoms with van der Waals surface area (Å²) in [5.41, 5.74) is 0.671. The van der Waals surface area contributed by atoms with Crippen molar-refractivity contribution in [3.05, 3.63) is 95.1 Å². The van der Waals surface area contributed by atoms with Gasteiger partial charge in [-0.05, 0) is 55.2 Å². The molecule has 1 aliphatic rings. The fourth-order valence-corrected chi connectivity index (χ4v) is 6.40. The van der Waals surface area contributed by atoms with Gasteiger partial charge in [-0.2, -0.15) is 0 Å². The molecule has 0 radical (unpaired) electrons. The molecule has 4 rings (SSSR count). The number of carbonyl (C=O) groups excluding carboxylic acids is 1. The van der Waals surface area contributed by atoms with E-state index >= 15 is 0 Å². The number of hydrogen-bond donors (Lipinski definition) is 1. The van der Waals surface area contributed by atoms with Crippen molar-refractivity contribution in [1.29, 1.82) is 0 Å². The molecule has 1 fully saturated rings. The zero-order valence-electron chi connectivity index (χ0n) is 19.1. The van der Waals surface area contributed by atoms with E-state index in [9.17, 15) is 30.8 Å². The summed E-state index contributed by atoms with van der Waals surface area (Å²) < 4.78 is 82.6. The van der Waals surface area contributed by atoms with Gasteiger partial charge in [-0.25, -0.2) is 26.0 Å². The lowest BCUT2D eigenvalue weighted by Crippen LogP contribution is -2.42. The maximum atomic E-state index is 14.8. The molecule has 1 atom stereocenters. The maximum absolute atomic E-state index is 14.8. The van der Waals surface area contributed by atoms with Crippen LogP contribution < -0.4 is 5.32 Å². The summed E-state index contributed by atoms with van der Waals surface area (Å²) in [5, 5.41) is 1.73. The Balaban J connectivity index is 1.57. The highest BCUT2D eigenvalue weighted by molar-refractivity contribution is 7.92. The number of halogens is 4. The third kappa shape index (κ3) is 5.60. The predicted octanol–water partition coefficient (Wildman–Crippen LogP) is 5.03. The van der Waals surface area contributed by atoms with Crippen molar-refractivity contribution < 1.29 is 30.8 Å². The fraction of sp³-hybridized carbons (Fsp3) is 0.269. The summed E-state index contributed by atoms with van der Waals surface area (Å²) in [6.07, 6.45) is 0.923. The SMILES string of the molecule is O=CNc1cccc(S(=O)(=O)C2CCN(C(Cc3ccc(F)cc3F)c3ccc(F)cc3F)CC2)c1. The Hall–Kier alpha value is -3.24. The quantitative estimate of drug-likeness (QED) is 0.334. The molecular formula is C26H24F4N2O3S. The van der Waals surface area contributed by atoms with E-state index in [0.29, 0.717) is 12.1 Å². The van der Waals surface area contributed by atoms with Crippen molar-refractivity contribution in [3.8, 4) is 0 Å². The van der Waals surface area contributed by atoms with Crippen LogP contribution in [-0.4, -0.2) is 38.1 Å². The number of sulfone groups is 1. The number of hydrogen-bond acceptors (Lipinski definition) is 4. The minimum absolute atomic E-state index is 0.00844. The molecule has 10 heteroatoms. The number of amides is 1. The van der Waals surface area contributed by atoms with Crippen molar-refractivity contribution in [1.82, 2.24) is 4.90 Å². The monoisotopic (exact) mass is 520 g/mol. The van der Waals surface area contributed by atoms with Crippen LogP contribution in [-0.2, 0) is 21.1 Å². The number of carbonyl (C=O) groups is 1. The number of benzene rings is 3. The van der Waals surface area contributed by atoms with Gasteiger partial charge in [-0.15, -0.1) is 0 Å². The second-order valence-electron chi connectivity index (χ2n) is 8.69. The van der Waals surface area contributed by atoms with Gasteiger partial charge in [-0.3, -0.25) is 9.69 Å². The van der Waals surface area contributed by atoms with Crippen LogP contribution in [0.5, 0.6) is 0 Å². The Kier molecular flexibility index (Phi) is 7.75. The van der Waals surface area contributed by atoms with Gasteiger partial charge in [0.05, 0.1) is 10.1 Å². The third-order valence-electron chi connectivity index (χ3n) is 6.49. The summed E-state index contributed by atoms with van der Waals surface area (Å²) in [6, 6.07) is 11.6. The van der Waals surface area contributed by atoms with Crippen molar-refractivity contribution in [3.63, 3.8) is 0 Å². The molecule has 190 valence electrons. The Labute approximate surface area is 206 Å². The molecule has 0 aromatic heterocycles. The van der Waals surface area contributed by atoms with E-state index in [4.69, 9.17) is 0 Å². The van der Waals surface area contributed by atoms with E-state index in [1.54, 1.807) is 12.1 Å². The number of nitrogens with one attached hydrogen (secondary N) is 1. The molecule has 0 bridgehead atoms. The van der Waals surface area contributed by atoms with Crippen LogP contribution in [0.2, 0.25) is 0 Å². The van der Waals surface area contributed by atoms with Gasteiger partial charge < -0.3 is 5.32 Å². The van der Waals surface area contributed by atoms with Crippen molar-refractivity contribution in [2.75, 3.05) is 18.4 Å². The molecule has 5 nitrogen and oxygen atoms in total. The highest BCUT2D eigenvalue weighted by Crippen LogP contribution is 2.34. The van der Waals surface area contributed by atoms with Gasteiger partial charge in [0.1, 0.15) is 23.3 Å². The lowest BCUT2D eigenvalue weighted by molar-refractivity contribution is -0.105. The molecule has 36 heavy (non-hydrogen) atoms. The first-order valence-electron chi connectivity index (χ1n) is 11.4. The minimum Gasteiger partial charge on any atom is -0.329 e. The van der Waals surface area contributed by atoms with Gasteiger partial charge in [0.15, 0.2) is 9.84 Å². The van der Waals surface area contributed by atoms with Crippen LogP contribution in [0.1, 0.15) is 30.0 Å². The Bertz CT molecular complexity index is 1360. The van der Waals surface area contributed by atoms with E-state index in [2.05, 4.69) is 5.32 Å². The second kappa shape index (κ2) is 10.8. The first-order valence-corrected chi connectivity index (χ1v) is 12.9. The number of likely N-dealkylation sites (tertiary alicyclic amines) is 1. The molecule has 0 spiro atoms. The van der Waals surface area contributed by atoms with Crippen LogP contribution in [0.15, 0.2) is 65.6 Å². The minimum atomic E-state index is -3.71. The van der Waals surface area contributed by atoms with Crippen LogP contribution in [0.4, 0.5) is 23.2 Å². The number of piperidine rings is 1. The molecule has 1 amide bonds. The molecule has 1 N–H and O–H groups in total. The smallest absolute Gasteiger partial charge is 0.211 e. The molecule has 3 aromatic carbocycles. The molecule has 1 heterocycles. The summed E-state index contributed by atoms with van der Waals surface area (Å²) >= 11 is 0. The number of rotatable bonds is 8. The first kappa shape index (κ1) is 25.8. The topological polar surface area (TPSA) is 66.5 Å². The Morgan fingerprint density at radius 1 is 0.917 bits per heavy atom. The van der Waals surface area contributed by atoms with Gasteiger partial charge in [-0.1, -0.05) is 18.2 Å². The summed E-state index contributed by atoms with van der Waals surface area (Å²) in [4.78, 5) is 12.6. The molecule has 0 aliphatic carbocycles. The molecular weight excluding hydrogens is 496 g/mol. The standard InChI is InChI=1S/C26H24F4N2O3S/c27-18-5-4-17(24(29)13-18)12-26(23-7-6-19(28)14-25(23)30)32-10-8-21(9-11-32)36(34,35)22-3-1-2-20(15-22)31-16-33/h1-7,13-16,21,26H,8-12H2,(H,31,33). The Morgan fingerprint density at radius 2 is 1.58 bits per heavy atom. The van der Waals surface area contributed by atoms with Gasteiger partial charge in [0, 0.05) is 42.5 Å². The lowest BCUT2D eigenvalue weighted by Gasteiger charge is -2.38. The van der Waals surface area contributed by atoms with E-state index in [-0.39, 0.29) is 48.4 Å². The molecule has 1 aliphatic heterocycles. The van der Waals surface area contributed by atoms with Crippen LogP contribution >= 0.6 is 0 Å². The zero-order chi connectivity index (χ0) is 25.9. The van der Waals surface area contributed by atoms with Gasteiger partial charge in [0.25, 0.3) is 0 Å². The van der Waals surface area contributed by atoms with E-state index < -0.39 is 44.4 Å². The average Bonchev–Trinajstić information content (AvgIpc) is 2.85. The van der Waals surface area contributed by atoms with E-state index in [1.165, 1.54) is 24.3 Å². The van der Waals surface area contributed by atoms with Crippen molar-refractivity contribution in [2.24, 2.45) is 0 Å². The normalized spacial score (nSPS) is 16.0. The fourth-order valence-electron chi connectivity index (χ4n) is 4.62. The maximum Gasteiger partial charge on any atom is 0.211 e. The number of anilines is 1. The van der Waals surface area contributed by atoms with Crippen molar-refractivity contribution >= 4 is 21.9 Å². The van der Waals surface area contributed by atoms with Gasteiger partial charge in [0.2, 0.25) is 6.41 Å². The zero-order valence-corrected chi connectivity index (χ0v) is 19.9. The van der Waals surface area contributed by atoms with Gasteiger partial charge >= 0.3 is 0 Å². The Morgan fingerprint density at radius 3 is 2.22 bits per heavy atom. The number of nitrogens with zero attached hydrogens (tertiary/aromatic N) is 1. The van der Waals surface area contributed by atoms with Crippen LogP contribution in [0.3, 0.4) is 0 Å². The second-order valence-corrected chi connectivity index (χ2v) is 10.9. The third-order valence-corrected chi connectivity index (χ3v) is 8.75. The van der Waals surface area contributed by atoms with Crippen LogP contribution in [0.25, 0.3) is 0 Å². The molecule has 1 unspecified atom stereocenters. The highest BCUT2D eigenvalue weighted by Gasteiger charge is 2.35. The molecule has 0 saturated carbocycles. The average molecular weight is 521 g/mol. The molecule has 1 saturated heterocycles. The summed E-state index contributed by atoms with van der Waals surface area (Å²) in [6.45, 7) is 0.529. The van der Waals surface area contributed by atoms with Crippen LogP contribution in [0, 0.1) is 23.3 Å². The lowest BCUT2D eigenvalue weighted by atomic mass is 9.94. The largest absolute Gasteiger partial charge is 0.329 e. The first-order chi connectivity index (χ1) is 17.2. The van der Waals surface area contributed by atoms with E-state index in [0.717, 1.165) is 24.3 Å². The summed E-state index contributed by atoms with van der Waals surface area (Å²) in [7, 11) is -3.71. The summed E-state index contributed by atoms with van der Waals surface area (Å²) in [5.74, 6) is -3.06. The van der Waals surface area contributed by atoms with E-state index in [1.807, 2.05) is 4.90 Å². The molecule has 3 aromatic rings. The highest BCUT2D eigenvalue weighted by atomic mass is 32.2.